The molecule has 1 atom stereocenters. The molecule has 0 aliphatic heterocycles. The van der Waals surface area contributed by atoms with Crippen LogP contribution in [0.5, 0.6) is 0 Å². The number of carbonyl (C=O) groups excluding carboxylic acids is 2. The van der Waals surface area contributed by atoms with Crippen LogP contribution in [0.4, 0.5) is 4.39 Å². The highest BCUT2D eigenvalue weighted by molar-refractivity contribution is 9.10. The number of aliphatic hydroxyl groups is 1. The lowest BCUT2D eigenvalue weighted by molar-refractivity contribution is -0.143. The highest BCUT2D eigenvalue weighted by atomic mass is 79.9. The van der Waals surface area contributed by atoms with E-state index >= 15 is 0 Å². The van der Waals surface area contributed by atoms with Crippen molar-refractivity contribution in [2.75, 3.05) is 13.7 Å². The summed E-state index contributed by atoms with van der Waals surface area (Å²) in [7, 11) is 1.14. The van der Waals surface area contributed by atoms with Gasteiger partial charge >= 0.3 is 5.97 Å². The van der Waals surface area contributed by atoms with E-state index in [0.29, 0.717) is 0 Å². The second-order valence-corrected chi connectivity index (χ2v) is 4.22. The van der Waals surface area contributed by atoms with Crippen LogP contribution >= 0.6 is 15.9 Å². The fourth-order valence-electron chi connectivity index (χ4n) is 1.20. The van der Waals surface area contributed by atoms with Crippen LogP contribution in [0.15, 0.2) is 22.7 Å². The molecule has 0 radical (unpaired) electrons. The summed E-state index contributed by atoms with van der Waals surface area (Å²) in [5.41, 5.74) is 0.158. The molecule has 0 saturated carbocycles. The average molecular weight is 350 g/mol. The number of hydrogen-bond donors (Lipinski definition) is 2. The first-order chi connectivity index (χ1) is 9.49. The Balaban J connectivity index is 0.00000172. The molecule has 0 heterocycles. The number of benzene rings is 1. The van der Waals surface area contributed by atoms with E-state index < -0.39 is 30.3 Å². The molecule has 0 fully saturated rings. The topological polar surface area (TPSA) is 75.6 Å². The average Bonchev–Trinajstić information content (AvgIpc) is 2.48. The zero-order valence-corrected chi connectivity index (χ0v) is 13.0. The van der Waals surface area contributed by atoms with E-state index in [1.165, 1.54) is 12.1 Å². The third-order valence-corrected chi connectivity index (χ3v) is 2.76. The minimum Gasteiger partial charge on any atom is -0.467 e. The smallest absolute Gasteiger partial charge is 0.330 e. The molecule has 0 aromatic heterocycles. The normalized spacial score (nSPS) is 10.9. The van der Waals surface area contributed by atoms with Crippen molar-refractivity contribution in [3.8, 4) is 0 Å². The lowest BCUT2D eigenvalue weighted by Crippen LogP contribution is -2.44. The van der Waals surface area contributed by atoms with Gasteiger partial charge in [0.1, 0.15) is 5.82 Å². The molecular formula is C13H17BrFNO4. The Morgan fingerprint density at radius 1 is 1.45 bits per heavy atom. The first-order valence-corrected chi connectivity index (χ1v) is 6.73. The van der Waals surface area contributed by atoms with E-state index in [1.807, 2.05) is 13.8 Å². The largest absolute Gasteiger partial charge is 0.467 e. The van der Waals surface area contributed by atoms with E-state index in [1.54, 1.807) is 0 Å². The van der Waals surface area contributed by atoms with Crippen LogP contribution < -0.4 is 5.32 Å². The third kappa shape index (κ3) is 5.26. The Labute approximate surface area is 125 Å². The Hall–Kier alpha value is -1.47. The summed E-state index contributed by atoms with van der Waals surface area (Å²) >= 11 is 2.94. The molecule has 7 heteroatoms. The van der Waals surface area contributed by atoms with Gasteiger partial charge < -0.3 is 15.2 Å². The zero-order valence-electron chi connectivity index (χ0n) is 11.4. The van der Waals surface area contributed by atoms with Crippen LogP contribution in [0.25, 0.3) is 0 Å². The Morgan fingerprint density at radius 3 is 2.50 bits per heavy atom. The highest BCUT2D eigenvalue weighted by Gasteiger charge is 2.21. The quantitative estimate of drug-likeness (QED) is 0.813. The molecule has 0 aliphatic rings. The van der Waals surface area contributed by atoms with Crippen LogP contribution in [0.2, 0.25) is 0 Å². The Bertz CT molecular complexity index is 468. The predicted octanol–water partition coefficient (Wildman–Crippen LogP) is 1.88. The summed E-state index contributed by atoms with van der Waals surface area (Å²) in [6.45, 7) is 3.42. The number of rotatable bonds is 4. The van der Waals surface area contributed by atoms with Gasteiger partial charge in [-0.15, -0.1) is 0 Å². The van der Waals surface area contributed by atoms with Crippen molar-refractivity contribution in [3.05, 3.63) is 34.1 Å². The second-order valence-electron chi connectivity index (χ2n) is 3.36. The lowest BCUT2D eigenvalue weighted by atomic mass is 10.2. The molecule has 0 spiro atoms. The molecule has 1 aromatic rings. The van der Waals surface area contributed by atoms with Crippen molar-refractivity contribution in [3.63, 3.8) is 0 Å². The van der Waals surface area contributed by atoms with Gasteiger partial charge in [0.2, 0.25) is 0 Å². The zero-order chi connectivity index (χ0) is 15.7. The van der Waals surface area contributed by atoms with Gasteiger partial charge in [0.05, 0.1) is 18.2 Å². The summed E-state index contributed by atoms with van der Waals surface area (Å²) in [5, 5.41) is 11.2. The molecule has 0 unspecified atom stereocenters. The molecule has 0 bridgehead atoms. The SMILES string of the molecule is CC.COC(=O)[C@H](CO)NC(=O)c1ccc(F)c(Br)c1. The van der Waals surface area contributed by atoms with Gasteiger partial charge in [-0.1, -0.05) is 13.8 Å². The van der Waals surface area contributed by atoms with Gasteiger partial charge in [-0.3, -0.25) is 4.79 Å². The van der Waals surface area contributed by atoms with Gasteiger partial charge in [0, 0.05) is 5.56 Å². The number of carbonyl (C=O) groups is 2. The number of hydrogen-bond acceptors (Lipinski definition) is 4. The number of amides is 1. The van der Waals surface area contributed by atoms with Crippen molar-refractivity contribution in [2.24, 2.45) is 0 Å². The van der Waals surface area contributed by atoms with Gasteiger partial charge in [-0.25, -0.2) is 9.18 Å². The van der Waals surface area contributed by atoms with Crippen LogP contribution in [0.3, 0.4) is 0 Å². The number of aliphatic hydroxyl groups excluding tert-OH is 1. The van der Waals surface area contributed by atoms with E-state index in [9.17, 15) is 14.0 Å². The minimum atomic E-state index is -1.15. The molecule has 0 saturated heterocycles. The van der Waals surface area contributed by atoms with Gasteiger partial charge in [-0.2, -0.15) is 0 Å². The number of ether oxygens (including phenoxy) is 1. The van der Waals surface area contributed by atoms with Gasteiger partial charge in [0.15, 0.2) is 6.04 Å². The number of esters is 1. The van der Waals surface area contributed by atoms with Crippen molar-refractivity contribution in [2.45, 2.75) is 19.9 Å². The summed E-state index contributed by atoms with van der Waals surface area (Å²) in [6.07, 6.45) is 0. The van der Waals surface area contributed by atoms with Crippen molar-refractivity contribution in [1.29, 1.82) is 0 Å². The summed E-state index contributed by atoms with van der Waals surface area (Å²) < 4.78 is 17.5. The van der Waals surface area contributed by atoms with Crippen molar-refractivity contribution < 1.29 is 23.8 Å². The molecule has 20 heavy (non-hydrogen) atoms. The fourth-order valence-corrected chi connectivity index (χ4v) is 1.58. The van der Waals surface area contributed by atoms with Gasteiger partial charge in [-0.05, 0) is 34.1 Å². The molecule has 5 nitrogen and oxygen atoms in total. The van der Waals surface area contributed by atoms with E-state index in [-0.39, 0.29) is 10.0 Å². The predicted molar refractivity (Wildman–Crippen MR) is 75.8 cm³/mol. The number of nitrogens with one attached hydrogen (secondary N) is 1. The lowest BCUT2D eigenvalue weighted by Gasteiger charge is -2.13. The van der Waals surface area contributed by atoms with Crippen LogP contribution in [-0.2, 0) is 9.53 Å². The third-order valence-electron chi connectivity index (χ3n) is 2.16. The van der Waals surface area contributed by atoms with Crippen molar-refractivity contribution in [1.82, 2.24) is 5.32 Å². The number of methoxy groups -OCH3 is 1. The molecule has 112 valence electrons. The highest BCUT2D eigenvalue weighted by Crippen LogP contribution is 2.16. The molecule has 1 rings (SSSR count). The van der Waals surface area contributed by atoms with Crippen molar-refractivity contribution >= 4 is 27.8 Å². The second kappa shape index (κ2) is 9.44. The summed E-state index contributed by atoms with van der Waals surface area (Å²) in [5.74, 6) is -1.87. The van der Waals surface area contributed by atoms with Gasteiger partial charge in [0.25, 0.3) is 5.91 Å². The standard InChI is InChI=1S/C11H11BrFNO4.C2H6/c1-18-11(17)9(5-15)14-10(16)6-2-3-8(13)7(12)4-6;1-2/h2-4,9,15H,5H2,1H3,(H,14,16);1-2H3/t9-;/m0./s1. The molecule has 1 amide bonds. The fraction of sp³-hybridized carbons (Fsp3) is 0.385. The maximum absolute atomic E-state index is 13.0. The van der Waals surface area contributed by atoms with E-state index in [2.05, 4.69) is 26.0 Å². The van der Waals surface area contributed by atoms with Crippen LogP contribution in [-0.4, -0.2) is 36.7 Å². The summed E-state index contributed by atoms with van der Waals surface area (Å²) in [6, 6.07) is 2.51. The molecule has 2 N–H and O–H groups in total. The number of halogens is 2. The monoisotopic (exact) mass is 349 g/mol. The van der Waals surface area contributed by atoms with Crippen LogP contribution in [0, 0.1) is 5.82 Å². The minimum absolute atomic E-state index is 0.133. The first-order valence-electron chi connectivity index (χ1n) is 5.94. The van der Waals surface area contributed by atoms with E-state index in [4.69, 9.17) is 5.11 Å². The maximum atomic E-state index is 13.0. The van der Waals surface area contributed by atoms with E-state index in [0.717, 1.165) is 13.2 Å². The maximum Gasteiger partial charge on any atom is 0.330 e. The molecule has 0 aliphatic carbocycles. The summed E-state index contributed by atoms with van der Waals surface area (Å²) in [4.78, 5) is 22.9. The van der Waals surface area contributed by atoms with Crippen LogP contribution in [0.1, 0.15) is 24.2 Å². The Kier molecular flexibility index (Phi) is 8.74. The molecule has 1 aromatic carbocycles. The molecular weight excluding hydrogens is 333 g/mol. The first kappa shape index (κ1) is 18.5. The Morgan fingerprint density at radius 2 is 2.05 bits per heavy atom.